The molecule has 0 spiro atoms. The number of esters is 1. The van der Waals surface area contributed by atoms with Gasteiger partial charge in [0.2, 0.25) is 0 Å². The highest BCUT2D eigenvalue weighted by atomic mass is 16.5. The summed E-state index contributed by atoms with van der Waals surface area (Å²) in [4.78, 5) is 23.0. The highest BCUT2D eigenvalue weighted by Crippen LogP contribution is 2.17. The minimum atomic E-state index is -0.880. The molecule has 0 saturated carbocycles. The van der Waals surface area contributed by atoms with Crippen LogP contribution in [0.1, 0.15) is 155 Å². The van der Waals surface area contributed by atoms with Crippen LogP contribution in [0, 0.1) is 5.92 Å². The minimum Gasteiger partial charge on any atom is -0.481 e. The van der Waals surface area contributed by atoms with Crippen LogP contribution in [-0.4, -0.2) is 23.7 Å². The minimum absolute atomic E-state index is 0.00203. The molecular weight excluding hydrogens is 424 g/mol. The van der Waals surface area contributed by atoms with Crippen LogP contribution in [0.2, 0.25) is 0 Å². The number of carbonyl (C=O) groups is 2. The fourth-order valence-electron chi connectivity index (χ4n) is 4.31. The zero-order valence-corrected chi connectivity index (χ0v) is 22.7. The molecule has 4 nitrogen and oxygen atoms in total. The van der Waals surface area contributed by atoms with Crippen LogP contribution in [-0.2, 0) is 14.3 Å². The lowest BCUT2D eigenvalue weighted by Gasteiger charge is -2.11. The fraction of sp³-hybridized carbons (Fsp3) is 0.867. The number of carboxylic acid groups (broad SMARTS) is 1. The fourth-order valence-corrected chi connectivity index (χ4v) is 4.31. The SMILES string of the molecule is CCCCCCCCCCCC/C=C/CCCCCCCCCC(CC(=O)OCCC)C(=O)O. The molecule has 1 N–H and O–H groups in total. The Balaban J connectivity index is 3.41. The third-order valence-electron chi connectivity index (χ3n) is 6.54. The van der Waals surface area contributed by atoms with Crippen molar-refractivity contribution in [2.75, 3.05) is 6.61 Å². The van der Waals surface area contributed by atoms with Crippen molar-refractivity contribution in [2.24, 2.45) is 5.92 Å². The van der Waals surface area contributed by atoms with E-state index < -0.39 is 11.9 Å². The molecule has 1 unspecified atom stereocenters. The Morgan fingerprint density at radius 3 is 1.53 bits per heavy atom. The van der Waals surface area contributed by atoms with E-state index in [1.54, 1.807) is 0 Å². The van der Waals surface area contributed by atoms with Crippen molar-refractivity contribution >= 4 is 11.9 Å². The number of aliphatic carboxylic acids is 1. The smallest absolute Gasteiger partial charge is 0.307 e. The van der Waals surface area contributed by atoms with E-state index in [0.29, 0.717) is 13.0 Å². The Morgan fingerprint density at radius 2 is 1.09 bits per heavy atom. The predicted molar refractivity (Wildman–Crippen MR) is 144 cm³/mol. The summed E-state index contributed by atoms with van der Waals surface area (Å²) in [5.74, 6) is -1.86. The van der Waals surface area contributed by atoms with E-state index in [4.69, 9.17) is 4.74 Å². The van der Waals surface area contributed by atoms with Gasteiger partial charge in [0.25, 0.3) is 0 Å². The van der Waals surface area contributed by atoms with Gasteiger partial charge in [0.05, 0.1) is 18.9 Å². The average Bonchev–Trinajstić information content (AvgIpc) is 2.82. The van der Waals surface area contributed by atoms with Crippen LogP contribution in [0.5, 0.6) is 0 Å². The third-order valence-corrected chi connectivity index (χ3v) is 6.54. The number of ether oxygens (including phenoxy) is 1. The molecule has 0 saturated heterocycles. The Bertz CT molecular complexity index is 486. The third kappa shape index (κ3) is 23.8. The largest absolute Gasteiger partial charge is 0.481 e. The van der Waals surface area contributed by atoms with Gasteiger partial charge in [-0.05, 0) is 38.5 Å². The number of hydrogen-bond donors (Lipinski definition) is 1. The lowest BCUT2D eigenvalue weighted by atomic mass is 9.97. The summed E-state index contributed by atoms with van der Waals surface area (Å²) in [5.41, 5.74) is 0. The number of carbonyl (C=O) groups excluding carboxylic acids is 1. The van der Waals surface area contributed by atoms with Gasteiger partial charge in [0, 0.05) is 0 Å². The summed E-state index contributed by atoms with van der Waals surface area (Å²) in [7, 11) is 0. The van der Waals surface area contributed by atoms with Crippen LogP contribution in [0.3, 0.4) is 0 Å². The lowest BCUT2D eigenvalue weighted by molar-refractivity contribution is -0.151. The quantitative estimate of drug-likeness (QED) is 0.0760. The second-order valence-electron chi connectivity index (χ2n) is 9.95. The first-order chi connectivity index (χ1) is 16.6. The normalized spacial score (nSPS) is 12.3. The standard InChI is InChI=1S/C30H56O4/c1-3-5-6-7-8-9-10-11-12-13-14-15-16-17-18-19-20-21-22-23-24-25-28(30(32)33)27-29(31)34-26-4-2/h15-16,28H,3-14,17-27H2,1-2H3,(H,32,33)/b16-15+. The molecule has 0 bridgehead atoms. The summed E-state index contributed by atoms with van der Waals surface area (Å²) < 4.78 is 5.01. The van der Waals surface area contributed by atoms with Crippen molar-refractivity contribution in [3.8, 4) is 0 Å². The van der Waals surface area contributed by atoms with Gasteiger partial charge in [-0.15, -0.1) is 0 Å². The van der Waals surface area contributed by atoms with E-state index >= 15 is 0 Å². The van der Waals surface area contributed by atoms with Gasteiger partial charge in [-0.2, -0.15) is 0 Å². The molecule has 0 heterocycles. The molecular formula is C30H56O4. The van der Waals surface area contributed by atoms with Gasteiger partial charge < -0.3 is 9.84 Å². The van der Waals surface area contributed by atoms with Crippen molar-refractivity contribution in [3.63, 3.8) is 0 Å². The van der Waals surface area contributed by atoms with E-state index in [2.05, 4.69) is 19.1 Å². The van der Waals surface area contributed by atoms with Gasteiger partial charge >= 0.3 is 11.9 Å². The predicted octanol–water partition coefficient (Wildman–Crippen LogP) is 9.41. The van der Waals surface area contributed by atoms with E-state index in [1.165, 1.54) is 103 Å². The monoisotopic (exact) mass is 480 g/mol. The molecule has 0 fully saturated rings. The molecule has 0 amide bonds. The molecule has 0 rings (SSSR count). The lowest BCUT2D eigenvalue weighted by Crippen LogP contribution is -2.19. The van der Waals surface area contributed by atoms with Gasteiger partial charge in [-0.1, -0.05) is 122 Å². The highest BCUT2D eigenvalue weighted by Gasteiger charge is 2.21. The van der Waals surface area contributed by atoms with Crippen molar-refractivity contribution in [1.82, 2.24) is 0 Å². The molecule has 0 aromatic rings. The molecule has 0 aromatic heterocycles. The van der Waals surface area contributed by atoms with Crippen molar-refractivity contribution in [1.29, 1.82) is 0 Å². The molecule has 4 heteroatoms. The number of carboxylic acids is 1. The number of allylic oxidation sites excluding steroid dienone is 2. The topological polar surface area (TPSA) is 63.6 Å². The van der Waals surface area contributed by atoms with Crippen LogP contribution in [0.25, 0.3) is 0 Å². The van der Waals surface area contributed by atoms with Crippen molar-refractivity contribution in [3.05, 3.63) is 12.2 Å². The van der Waals surface area contributed by atoms with Gasteiger partial charge in [-0.3, -0.25) is 9.59 Å². The Hall–Kier alpha value is -1.32. The van der Waals surface area contributed by atoms with E-state index in [9.17, 15) is 14.7 Å². The van der Waals surface area contributed by atoms with Crippen LogP contribution < -0.4 is 0 Å². The first-order valence-corrected chi connectivity index (χ1v) is 14.6. The first kappa shape index (κ1) is 32.7. The molecule has 0 aliphatic heterocycles. The molecule has 34 heavy (non-hydrogen) atoms. The van der Waals surface area contributed by atoms with Crippen LogP contribution in [0.15, 0.2) is 12.2 Å². The maximum absolute atomic E-state index is 11.6. The van der Waals surface area contributed by atoms with E-state index in [-0.39, 0.29) is 12.4 Å². The van der Waals surface area contributed by atoms with Crippen molar-refractivity contribution in [2.45, 2.75) is 155 Å². The Labute approximate surface area is 211 Å². The van der Waals surface area contributed by atoms with Crippen molar-refractivity contribution < 1.29 is 19.4 Å². The second kappa shape index (κ2) is 26.3. The van der Waals surface area contributed by atoms with Gasteiger partial charge in [0.1, 0.15) is 0 Å². The molecule has 200 valence electrons. The van der Waals surface area contributed by atoms with Crippen LogP contribution >= 0.6 is 0 Å². The maximum atomic E-state index is 11.6. The summed E-state index contributed by atoms with van der Waals surface area (Å²) in [6.45, 7) is 4.58. The first-order valence-electron chi connectivity index (χ1n) is 14.6. The molecule has 0 aliphatic carbocycles. The Kier molecular flexibility index (Phi) is 25.3. The molecule has 0 aliphatic rings. The van der Waals surface area contributed by atoms with E-state index in [0.717, 1.165) is 25.7 Å². The zero-order valence-electron chi connectivity index (χ0n) is 22.7. The number of unbranched alkanes of at least 4 members (excludes halogenated alkanes) is 17. The summed E-state index contributed by atoms with van der Waals surface area (Å²) >= 11 is 0. The van der Waals surface area contributed by atoms with Gasteiger partial charge in [0.15, 0.2) is 0 Å². The molecule has 0 radical (unpaired) electrons. The number of rotatable bonds is 26. The molecule has 1 atom stereocenters. The highest BCUT2D eigenvalue weighted by molar-refractivity contribution is 5.78. The molecule has 0 aromatic carbocycles. The second-order valence-corrected chi connectivity index (χ2v) is 9.95. The summed E-state index contributed by atoms with van der Waals surface area (Å²) in [6.07, 6.45) is 30.7. The zero-order chi connectivity index (χ0) is 25.1. The summed E-state index contributed by atoms with van der Waals surface area (Å²) in [5, 5.41) is 9.30. The average molecular weight is 481 g/mol. The van der Waals surface area contributed by atoms with E-state index in [1.807, 2.05) is 6.92 Å². The van der Waals surface area contributed by atoms with Gasteiger partial charge in [-0.25, -0.2) is 0 Å². The maximum Gasteiger partial charge on any atom is 0.307 e. The summed E-state index contributed by atoms with van der Waals surface area (Å²) in [6, 6.07) is 0. The Morgan fingerprint density at radius 1 is 0.647 bits per heavy atom. The number of hydrogen-bond acceptors (Lipinski definition) is 3. The van der Waals surface area contributed by atoms with Crippen LogP contribution in [0.4, 0.5) is 0 Å².